The molecule has 5 nitrogen and oxygen atoms in total. The molecule has 0 spiro atoms. The summed E-state index contributed by atoms with van der Waals surface area (Å²) in [5.74, 6) is -4.90. The van der Waals surface area contributed by atoms with E-state index in [1.807, 2.05) is 0 Å². The Morgan fingerprint density at radius 1 is 1.24 bits per heavy atom. The van der Waals surface area contributed by atoms with E-state index in [1.54, 1.807) is 0 Å². The van der Waals surface area contributed by atoms with Gasteiger partial charge in [0, 0.05) is 6.07 Å². The van der Waals surface area contributed by atoms with Gasteiger partial charge in [0.1, 0.15) is 17.5 Å². The van der Waals surface area contributed by atoms with Gasteiger partial charge in [-0.1, -0.05) is 0 Å². The summed E-state index contributed by atoms with van der Waals surface area (Å²) in [7, 11) is 2.77. The summed E-state index contributed by atoms with van der Waals surface area (Å²) < 4.78 is 42.0. The highest BCUT2D eigenvalue weighted by molar-refractivity contribution is 5.85. The first-order chi connectivity index (χ1) is 9.36. The van der Waals surface area contributed by atoms with Crippen molar-refractivity contribution in [2.24, 2.45) is 5.73 Å². The number of benzene rings is 1. The lowest BCUT2D eigenvalue weighted by molar-refractivity contribution is -0.174. The molecule has 0 saturated heterocycles. The second-order valence-electron chi connectivity index (χ2n) is 3.97. The quantitative estimate of drug-likeness (QED) is 0.813. The van der Waals surface area contributed by atoms with E-state index < -0.39 is 17.9 Å². The van der Waals surface area contributed by atoms with Crippen LogP contribution < -0.4 is 15.2 Å². The van der Waals surface area contributed by atoms with Crippen LogP contribution in [0.2, 0.25) is 0 Å². The molecular formula is C13H18ClF2NO4. The first kappa shape index (κ1) is 19.4. The van der Waals surface area contributed by atoms with Gasteiger partial charge in [-0.15, -0.1) is 12.4 Å². The smallest absolute Gasteiger partial charge is 0.379 e. The maximum Gasteiger partial charge on any atom is 0.379 e. The molecule has 0 radical (unpaired) electrons. The Balaban J connectivity index is 0.00000400. The van der Waals surface area contributed by atoms with Gasteiger partial charge >= 0.3 is 11.9 Å². The SMILES string of the molecule is CCOC(=O)C(F)(F)[C@H](N)c1cc(OC)cc(OC)c1.Cl. The highest BCUT2D eigenvalue weighted by atomic mass is 35.5. The standard InChI is InChI=1S/C13H17F2NO4.ClH/c1-4-20-12(17)13(14,15)11(16)8-5-9(18-2)7-10(6-8)19-3;/h5-7,11H,4,16H2,1-3H3;1H/t11-;/m1./s1. The molecule has 0 aromatic heterocycles. The van der Waals surface area contributed by atoms with Crippen molar-refractivity contribution >= 4 is 18.4 Å². The third-order valence-electron chi connectivity index (χ3n) is 2.67. The number of rotatable bonds is 6. The molecule has 1 aromatic rings. The fraction of sp³-hybridized carbons (Fsp3) is 0.462. The molecule has 1 aromatic carbocycles. The Hall–Kier alpha value is -1.60. The van der Waals surface area contributed by atoms with Crippen LogP contribution in [0, 0.1) is 0 Å². The van der Waals surface area contributed by atoms with Gasteiger partial charge in [0.25, 0.3) is 0 Å². The van der Waals surface area contributed by atoms with Gasteiger partial charge in [-0.3, -0.25) is 0 Å². The third kappa shape index (κ3) is 4.44. The van der Waals surface area contributed by atoms with Crippen molar-refractivity contribution in [3.63, 3.8) is 0 Å². The molecule has 8 heteroatoms. The molecule has 0 aliphatic carbocycles. The predicted octanol–water partition coefficient (Wildman–Crippen LogP) is 2.32. The number of alkyl halides is 2. The van der Waals surface area contributed by atoms with Gasteiger partial charge in [0.05, 0.1) is 20.8 Å². The zero-order valence-electron chi connectivity index (χ0n) is 11.9. The Morgan fingerprint density at radius 2 is 1.71 bits per heavy atom. The number of carbonyl (C=O) groups is 1. The van der Waals surface area contributed by atoms with E-state index in [9.17, 15) is 13.6 Å². The summed E-state index contributed by atoms with van der Waals surface area (Å²) in [4.78, 5) is 11.3. The molecule has 21 heavy (non-hydrogen) atoms. The van der Waals surface area contributed by atoms with Gasteiger partial charge in [0.2, 0.25) is 0 Å². The Kier molecular flexibility index (Phi) is 7.38. The monoisotopic (exact) mass is 325 g/mol. The molecule has 120 valence electrons. The third-order valence-corrected chi connectivity index (χ3v) is 2.67. The molecule has 0 saturated carbocycles. The summed E-state index contributed by atoms with van der Waals surface area (Å²) in [6.07, 6.45) is 0. The van der Waals surface area contributed by atoms with Crippen LogP contribution in [0.1, 0.15) is 18.5 Å². The van der Waals surface area contributed by atoms with Gasteiger partial charge in [-0.25, -0.2) is 4.79 Å². The summed E-state index contributed by atoms with van der Waals surface area (Å²) in [6, 6.07) is 2.30. The van der Waals surface area contributed by atoms with Crippen molar-refractivity contribution in [3.05, 3.63) is 23.8 Å². The summed E-state index contributed by atoms with van der Waals surface area (Å²) in [5.41, 5.74) is 5.50. The number of carbonyl (C=O) groups excluding carboxylic acids is 1. The predicted molar refractivity (Wildman–Crippen MR) is 75.3 cm³/mol. The average molecular weight is 326 g/mol. The second-order valence-corrected chi connectivity index (χ2v) is 3.97. The van der Waals surface area contributed by atoms with Gasteiger partial charge < -0.3 is 19.9 Å². The number of hydrogen-bond donors (Lipinski definition) is 1. The molecule has 1 rings (SSSR count). The summed E-state index contributed by atoms with van der Waals surface area (Å²) >= 11 is 0. The Labute approximate surface area is 127 Å². The molecule has 2 N–H and O–H groups in total. The fourth-order valence-corrected chi connectivity index (χ4v) is 1.57. The number of esters is 1. The van der Waals surface area contributed by atoms with Crippen molar-refractivity contribution in [2.75, 3.05) is 20.8 Å². The highest BCUT2D eigenvalue weighted by Crippen LogP contribution is 2.34. The fourth-order valence-electron chi connectivity index (χ4n) is 1.57. The lowest BCUT2D eigenvalue weighted by Crippen LogP contribution is -2.41. The van der Waals surface area contributed by atoms with E-state index in [0.29, 0.717) is 11.5 Å². The molecule has 0 heterocycles. The number of ether oxygens (including phenoxy) is 3. The molecule has 0 aliphatic heterocycles. The number of hydrogen-bond acceptors (Lipinski definition) is 5. The van der Waals surface area contributed by atoms with Gasteiger partial charge in [-0.05, 0) is 24.6 Å². The highest BCUT2D eigenvalue weighted by Gasteiger charge is 2.48. The first-order valence-corrected chi connectivity index (χ1v) is 5.90. The van der Waals surface area contributed by atoms with E-state index in [1.165, 1.54) is 39.3 Å². The Morgan fingerprint density at radius 3 is 2.10 bits per heavy atom. The van der Waals surface area contributed by atoms with Crippen LogP contribution in [0.15, 0.2) is 18.2 Å². The van der Waals surface area contributed by atoms with E-state index in [-0.39, 0.29) is 24.6 Å². The minimum absolute atomic E-state index is 0. The van der Waals surface area contributed by atoms with Crippen LogP contribution in [0.4, 0.5) is 8.78 Å². The lowest BCUT2D eigenvalue weighted by atomic mass is 10.0. The largest absolute Gasteiger partial charge is 0.497 e. The second kappa shape index (κ2) is 7.99. The van der Waals surface area contributed by atoms with E-state index in [4.69, 9.17) is 15.2 Å². The van der Waals surface area contributed by atoms with Crippen LogP contribution in [0.3, 0.4) is 0 Å². The molecule has 1 atom stereocenters. The topological polar surface area (TPSA) is 70.8 Å². The first-order valence-electron chi connectivity index (χ1n) is 5.90. The van der Waals surface area contributed by atoms with Crippen molar-refractivity contribution in [1.82, 2.24) is 0 Å². The molecule has 0 aliphatic rings. The minimum atomic E-state index is -3.84. The van der Waals surface area contributed by atoms with E-state index >= 15 is 0 Å². The molecule has 0 bridgehead atoms. The number of methoxy groups -OCH3 is 2. The van der Waals surface area contributed by atoms with Crippen LogP contribution in [0.25, 0.3) is 0 Å². The molecule has 0 fully saturated rings. The van der Waals surface area contributed by atoms with Gasteiger partial charge in [0.15, 0.2) is 0 Å². The van der Waals surface area contributed by atoms with Crippen LogP contribution in [0.5, 0.6) is 11.5 Å². The Bertz CT molecular complexity index is 463. The molecule has 0 amide bonds. The van der Waals surface area contributed by atoms with Crippen LogP contribution in [-0.4, -0.2) is 32.7 Å². The zero-order chi connectivity index (χ0) is 15.3. The van der Waals surface area contributed by atoms with Crippen molar-refractivity contribution in [3.8, 4) is 11.5 Å². The van der Waals surface area contributed by atoms with E-state index in [2.05, 4.69) is 4.74 Å². The normalized spacial score (nSPS) is 12.1. The average Bonchev–Trinajstić information content (AvgIpc) is 2.45. The maximum absolute atomic E-state index is 13.9. The summed E-state index contributed by atoms with van der Waals surface area (Å²) in [5, 5.41) is 0. The maximum atomic E-state index is 13.9. The molecule has 0 unspecified atom stereocenters. The van der Waals surface area contributed by atoms with Crippen LogP contribution in [-0.2, 0) is 9.53 Å². The number of halogens is 3. The van der Waals surface area contributed by atoms with Crippen molar-refractivity contribution in [1.29, 1.82) is 0 Å². The van der Waals surface area contributed by atoms with E-state index in [0.717, 1.165) is 0 Å². The lowest BCUT2D eigenvalue weighted by Gasteiger charge is -2.22. The minimum Gasteiger partial charge on any atom is -0.497 e. The van der Waals surface area contributed by atoms with Gasteiger partial charge in [-0.2, -0.15) is 8.78 Å². The van der Waals surface area contributed by atoms with Crippen molar-refractivity contribution < 1.29 is 27.8 Å². The number of nitrogens with two attached hydrogens (primary N) is 1. The molecular weight excluding hydrogens is 308 g/mol. The van der Waals surface area contributed by atoms with Crippen LogP contribution >= 0.6 is 12.4 Å². The zero-order valence-corrected chi connectivity index (χ0v) is 12.7. The van der Waals surface area contributed by atoms with Crippen molar-refractivity contribution in [2.45, 2.75) is 18.9 Å². The summed E-state index contributed by atoms with van der Waals surface area (Å²) in [6.45, 7) is 1.29.